The summed E-state index contributed by atoms with van der Waals surface area (Å²) in [7, 11) is 5.49. The van der Waals surface area contributed by atoms with Gasteiger partial charge in [-0.25, -0.2) is 14.6 Å². The Morgan fingerprint density at radius 2 is 1.35 bits per heavy atom. The van der Waals surface area contributed by atoms with Crippen LogP contribution in [0.1, 0.15) is 50.2 Å². The summed E-state index contributed by atoms with van der Waals surface area (Å²) in [5.74, 6) is -2.58. The summed E-state index contributed by atoms with van der Waals surface area (Å²) in [6.45, 7) is 0.0585. The highest BCUT2D eigenvalue weighted by molar-refractivity contribution is 8.02. The summed E-state index contributed by atoms with van der Waals surface area (Å²) in [6, 6.07) is 47.6. The Hall–Kier alpha value is -7.88. The van der Waals surface area contributed by atoms with Gasteiger partial charge in [0.15, 0.2) is 28.4 Å². The molecule has 4 heterocycles. The SMILES string of the molecule is CO/N=C(\C(=O)NC1C(=O)N2C(C(=O)OC(c3ccccc3)c3ccccc3)=C(/C=C/Sc3nnc(C(=O)OC)n3CC(OC)OC)CSC12)c1csc(NC(c2ccccc2)(c2ccccc2)c2ccccc2)n1. The van der Waals surface area contributed by atoms with Gasteiger partial charge in [-0.2, -0.15) is 0 Å². The van der Waals surface area contributed by atoms with Crippen LogP contribution >= 0.6 is 34.9 Å². The van der Waals surface area contributed by atoms with Gasteiger partial charge in [0, 0.05) is 25.4 Å². The van der Waals surface area contributed by atoms with E-state index in [0.29, 0.717) is 15.9 Å². The number of carbonyl (C=O) groups is 4. The number of fused-ring (bicyclic) bond motifs is 1. The molecule has 382 valence electrons. The Balaban J connectivity index is 1.00. The van der Waals surface area contributed by atoms with Crippen LogP contribution in [0.5, 0.6) is 0 Å². The Bertz CT molecular complexity index is 3070. The van der Waals surface area contributed by atoms with Gasteiger partial charge in [-0.05, 0) is 44.9 Å². The molecule has 2 amide bonds. The molecule has 2 atom stereocenters. The number of benzene rings is 5. The number of β-lactam (4-membered cyclic amide) rings is 1. The molecule has 2 N–H and O–H groups in total. The maximum absolute atomic E-state index is 14.8. The van der Waals surface area contributed by atoms with Crippen LogP contribution in [-0.4, -0.2) is 106 Å². The lowest BCUT2D eigenvalue weighted by Gasteiger charge is -2.49. The molecule has 2 aromatic heterocycles. The van der Waals surface area contributed by atoms with Crippen molar-refractivity contribution in [3.63, 3.8) is 0 Å². The normalized spacial score (nSPS) is 15.7. The Labute approximate surface area is 445 Å². The molecule has 2 aliphatic heterocycles. The van der Waals surface area contributed by atoms with Gasteiger partial charge in [-0.3, -0.25) is 19.1 Å². The molecule has 2 aliphatic rings. The maximum atomic E-state index is 14.8. The molecule has 1 fully saturated rings. The van der Waals surface area contributed by atoms with Crippen molar-refractivity contribution in [1.29, 1.82) is 0 Å². The van der Waals surface area contributed by atoms with Crippen LogP contribution in [0.25, 0.3) is 0 Å². The van der Waals surface area contributed by atoms with Crippen molar-refractivity contribution in [1.82, 2.24) is 30.0 Å². The molecule has 2 unspecified atom stereocenters. The third kappa shape index (κ3) is 11.0. The third-order valence-corrected chi connectivity index (χ3v) is 15.2. The molecule has 0 bridgehead atoms. The number of oxime groups is 1. The zero-order valence-corrected chi connectivity index (χ0v) is 43.4. The number of nitrogens with one attached hydrogen (secondary N) is 2. The fourth-order valence-electron chi connectivity index (χ4n) is 8.75. The molecule has 9 rings (SSSR count). The van der Waals surface area contributed by atoms with Gasteiger partial charge in [0.2, 0.25) is 5.82 Å². The minimum atomic E-state index is -1.07. The number of nitrogens with zero attached hydrogens (tertiary/aromatic N) is 6. The fourth-order valence-corrected chi connectivity index (χ4v) is 11.5. The predicted molar refractivity (Wildman–Crippen MR) is 286 cm³/mol. The van der Waals surface area contributed by atoms with Gasteiger partial charge >= 0.3 is 11.9 Å². The minimum absolute atomic E-state index is 0.00163. The number of anilines is 1. The first-order valence-corrected chi connectivity index (χ1v) is 26.2. The Kier molecular flexibility index (Phi) is 16.6. The number of methoxy groups -OCH3 is 3. The Morgan fingerprint density at radius 3 is 1.88 bits per heavy atom. The first-order valence-electron chi connectivity index (χ1n) is 23.4. The van der Waals surface area contributed by atoms with Gasteiger partial charge in [-0.1, -0.05) is 169 Å². The highest BCUT2D eigenvalue weighted by Gasteiger charge is 2.55. The number of aromatic nitrogens is 4. The predicted octanol–water partition coefficient (Wildman–Crippen LogP) is 8.19. The molecule has 20 heteroatoms. The lowest BCUT2D eigenvalue weighted by Crippen LogP contribution is -2.71. The molecule has 0 saturated carbocycles. The van der Waals surface area contributed by atoms with Gasteiger partial charge < -0.3 is 34.4 Å². The molecular formula is C55H50N8O9S3. The number of rotatable bonds is 21. The van der Waals surface area contributed by atoms with E-state index in [1.807, 2.05) is 115 Å². The smallest absolute Gasteiger partial charge is 0.376 e. The van der Waals surface area contributed by atoms with Crippen LogP contribution in [-0.2, 0) is 50.3 Å². The van der Waals surface area contributed by atoms with Crippen LogP contribution < -0.4 is 10.6 Å². The van der Waals surface area contributed by atoms with Crippen molar-refractivity contribution in [2.24, 2.45) is 5.16 Å². The zero-order chi connectivity index (χ0) is 52.3. The Morgan fingerprint density at radius 1 is 0.787 bits per heavy atom. The topological polar surface area (TPSA) is 198 Å². The number of carbonyl (C=O) groups excluding carboxylic acids is 4. The van der Waals surface area contributed by atoms with E-state index in [0.717, 1.165) is 39.6 Å². The second-order valence-corrected chi connectivity index (χ2v) is 19.5. The number of hydrogen-bond donors (Lipinski definition) is 2. The van der Waals surface area contributed by atoms with E-state index in [2.05, 4.69) is 62.4 Å². The lowest BCUT2D eigenvalue weighted by molar-refractivity contribution is -0.154. The summed E-state index contributed by atoms with van der Waals surface area (Å²) in [5, 5.41) is 22.4. The van der Waals surface area contributed by atoms with Crippen molar-refractivity contribution in [3.8, 4) is 0 Å². The van der Waals surface area contributed by atoms with E-state index in [-0.39, 0.29) is 35.2 Å². The average molecular weight is 1060 g/mol. The number of thioether (sulfide) groups is 2. The monoisotopic (exact) mass is 1060 g/mol. The molecule has 7 aromatic rings. The van der Waals surface area contributed by atoms with Crippen LogP contribution in [0, 0.1) is 0 Å². The summed E-state index contributed by atoms with van der Waals surface area (Å²) < 4.78 is 23.6. The zero-order valence-electron chi connectivity index (χ0n) is 41.0. The quantitative estimate of drug-likeness (QED) is 0.0133. The van der Waals surface area contributed by atoms with Crippen LogP contribution in [0.4, 0.5) is 5.13 Å². The second kappa shape index (κ2) is 24.0. The largest absolute Gasteiger partial charge is 0.463 e. The van der Waals surface area contributed by atoms with E-state index >= 15 is 0 Å². The fraction of sp³-hybridized carbons (Fsp3) is 0.200. The van der Waals surface area contributed by atoms with Crippen molar-refractivity contribution in [3.05, 3.63) is 219 Å². The van der Waals surface area contributed by atoms with E-state index in [4.69, 9.17) is 28.8 Å². The van der Waals surface area contributed by atoms with Gasteiger partial charge in [0.1, 0.15) is 35.5 Å². The second-order valence-electron chi connectivity index (χ2n) is 16.7. The van der Waals surface area contributed by atoms with E-state index in [1.54, 1.807) is 16.9 Å². The highest BCUT2D eigenvalue weighted by Crippen LogP contribution is 2.43. The number of allylic oxidation sites excluding steroid dienone is 1. The van der Waals surface area contributed by atoms with Gasteiger partial charge in [0.25, 0.3) is 11.8 Å². The van der Waals surface area contributed by atoms with E-state index < -0.39 is 53.1 Å². The summed E-state index contributed by atoms with van der Waals surface area (Å²) >= 11 is 3.74. The van der Waals surface area contributed by atoms with E-state index in [9.17, 15) is 19.2 Å². The van der Waals surface area contributed by atoms with Gasteiger partial charge in [0.05, 0.1) is 13.7 Å². The summed E-state index contributed by atoms with van der Waals surface area (Å²) in [5.41, 5.74) is 3.93. The van der Waals surface area contributed by atoms with Gasteiger partial charge in [-0.15, -0.1) is 33.3 Å². The van der Waals surface area contributed by atoms with Crippen molar-refractivity contribution in [2.45, 2.75) is 41.0 Å². The number of esters is 2. The lowest BCUT2D eigenvalue weighted by atomic mass is 9.77. The van der Waals surface area contributed by atoms with Crippen LogP contribution in [0.3, 0.4) is 0 Å². The third-order valence-electron chi connectivity index (χ3n) is 12.4. The molecule has 5 aromatic carbocycles. The van der Waals surface area contributed by atoms with Crippen LogP contribution in [0.15, 0.2) is 190 Å². The molecule has 17 nitrogen and oxygen atoms in total. The van der Waals surface area contributed by atoms with E-state index in [1.165, 1.54) is 61.0 Å². The average Bonchev–Trinajstić information content (AvgIpc) is 4.10. The molecule has 1 saturated heterocycles. The first kappa shape index (κ1) is 52.0. The van der Waals surface area contributed by atoms with Crippen molar-refractivity contribution >= 4 is 69.5 Å². The van der Waals surface area contributed by atoms with Crippen LogP contribution in [0.2, 0.25) is 0 Å². The first-order chi connectivity index (χ1) is 36.7. The van der Waals surface area contributed by atoms with Crippen molar-refractivity contribution < 1.29 is 43.0 Å². The molecule has 0 radical (unpaired) electrons. The molecule has 0 spiro atoms. The summed E-state index contributed by atoms with van der Waals surface area (Å²) in [4.78, 5) is 67.8. The number of ether oxygens (including phenoxy) is 4. The standard InChI is InChI=1S/C55H50N8O9S3/c1-68-42(69-2)32-62-47(52(67)70-3)59-60-54(62)73-31-30-37-33-74-50-44(49(65)63(50)45(37)51(66)72-46(35-20-10-5-11-21-35)36-22-12-6-13-23-36)57-48(64)43(61-71-4)41-34-75-53(56-41)58-55(38-24-14-7-15-25-38,39-26-16-8-17-27-39)40-28-18-9-19-29-40/h5-31,34,42,44,46,50H,32-33H2,1-4H3,(H,56,58)(H,57,64)/b31-30+,61-43-. The molecular weight excluding hydrogens is 1010 g/mol. The van der Waals surface area contributed by atoms with Crippen molar-refractivity contribution in [2.75, 3.05) is 39.5 Å². The number of hydrogen-bond acceptors (Lipinski definition) is 17. The molecule has 0 aliphatic carbocycles. The number of thiazole rings is 1. The minimum Gasteiger partial charge on any atom is -0.463 e. The highest BCUT2D eigenvalue weighted by atomic mass is 32.2. The molecule has 75 heavy (non-hydrogen) atoms. The maximum Gasteiger partial charge on any atom is 0.376 e. The number of amides is 2. The summed E-state index contributed by atoms with van der Waals surface area (Å²) in [6.07, 6.45) is 0.110.